The van der Waals surface area contributed by atoms with Crippen LogP contribution in [0.4, 0.5) is 0 Å². The van der Waals surface area contributed by atoms with Crippen molar-refractivity contribution >= 4 is 11.9 Å². The van der Waals surface area contributed by atoms with Gasteiger partial charge >= 0.3 is 5.97 Å². The average molecular weight is 198 g/mol. The lowest BCUT2D eigenvalue weighted by Crippen LogP contribution is -2.48. The first-order chi connectivity index (χ1) is 6.63. The molecule has 0 aromatic carbocycles. The smallest absolute Gasteiger partial charge is 0.322 e. The number of carbonyl (C=O) groups excluding carboxylic acids is 2. The van der Waals surface area contributed by atoms with Crippen molar-refractivity contribution in [2.24, 2.45) is 0 Å². The summed E-state index contributed by atoms with van der Waals surface area (Å²) < 4.78 is 0. The number of hydrogen-bond acceptors (Lipinski definition) is 4. The predicted molar refractivity (Wildman–Crippen MR) is 50.1 cm³/mol. The van der Waals surface area contributed by atoms with Gasteiger partial charge in [-0.25, -0.2) is 0 Å². The highest BCUT2D eigenvalue weighted by molar-refractivity contribution is 5.87. The standard InChI is InChI=1S/C9H14N2O3/c1-3-9(13)10-4-6-11(7-5-10)14-8(2)12/h3H,1,4-7H2,2H3. The molecular weight excluding hydrogens is 184 g/mol. The highest BCUT2D eigenvalue weighted by Gasteiger charge is 2.20. The van der Waals surface area contributed by atoms with Gasteiger partial charge in [-0.3, -0.25) is 9.59 Å². The number of piperazine rings is 1. The monoisotopic (exact) mass is 198 g/mol. The second-order valence-electron chi connectivity index (χ2n) is 3.04. The minimum Gasteiger partial charge on any atom is -0.368 e. The molecule has 0 aliphatic carbocycles. The molecule has 1 rings (SSSR count). The van der Waals surface area contributed by atoms with E-state index in [1.54, 1.807) is 9.96 Å². The Balaban J connectivity index is 2.34. The molecule has 14 heavy (non-hydrogen) atoms. The quantitative estimate of drug-likeness (QED) is 0.576. The topological polar surface area (TPSA) is 49.9 Å². The molecule has 0 saturated carbocycles. The summed E-state index contributed by atoms with van der Waals surface area (Å²) in [4.78, 5) is 28.4. The van der Waals surface area contributed by atoms with Crippen molar-refractivity contribution < 1.29 is 14.4 Å². The average Bonchev–Trinajstić information content (AvgIpc) is 2.17. The van der Waals surface area contributed by atoms with Crippen LogP contribution in [0.1, 0.15) is 6.92 Å². The lowest BCUT2D eigenvalue weighted by Gasteiger charge is -2.32. The van der Waals surface area contributed by atoms with Gasteiger partial charge in [-0.2, -0.15) is 0 Å². The van der Waals surface area contributed by atoms with Crippen molar-refractivity contribution in [3.05, 3.63) is 12.7 Å². The van der Waals surface area contributed by atoms with E-state index in [1.165, 1.54) is 13.0 Å². The van der Waals surface area contributed by atoms with E-state index < -0.39 is 0 Å². The van der Waals surface area contributed by atoms with E-state index in [2.05, 4.69) is 6.58 Å². The van der Waals surface area contributed by atoms with Crippen LogP contribution in [0.25, 0.3) is 0 Å². The van der Waals surface area contributed by atoms with Crippen molar-refractivity contribution in [2.75, 3.05) is 26.2 Å². The van der Waals surface area contributed by atoms with Crippen LogP contribution in [0.2, 0.25) is 0 Å². The fourth-order valence-electron chi connectivity index (χ4n) is 1.31. The summed E-state index contributed by atoms with van der Waals surface area (Å²) in [6, 6.07) is 0. The van der Waals surface area contributed by atoms with Crippen LogP contribution in [0.3, 0.4) is 0 Å². The summed E-state index contributed by atoms with van der Waals surface area (Å²) in [5.41, 5.74) is 0. The Morgan fingerprint density at radius 2 is 1.86 bits per heavy atom. The van der Waals surface area contributed by atoms with Crippen molar-refractivity contribution in [3.8, 4) is 0 Å². The van der Waals surface area contributed by atoms with Crippen molar-refractivity contribution in [3.63, 3.8) is 0 Å². The van der Waals surface area contributed by atoms with E-state index in [0.29, 0.717) is 26.2 Å². The number of amides is 1. The number of carbonyl (C=O) groups is 2. The molecule has 0 atom stereocenters. The lowest BCUT2D eigenvalue weighted by molar-refractivity contribution is -0.194. The third kappa shape index (κ3) is 2.85. The van der Waals surface area contributed by atoms with E-state index in [1.807, 2.05) is 0 Å². The normalized spacial score (nSPS) is 17.6. The molecular formula is C9H14N2O3. The van der Waals surface area contributed by atoms with Gasteiger partial charge in [0.1, 0.15) is 0 Å². The van der Waals surface area contributed by atoms with Crippen LogP contribution in [0.15, 0.2) is 12.7 Å². The predicted octanol–water partition coefficient (Wildman–Crippen LogP) is -0.205. The van der Waals surface area contributed by atoms with Gasteiger partial charge in [0.05, 0.1) is 13.1 Å². The molecule has 5 nitrogen and oxygen atoms in total. The number of nitrogens with zero attached hydrogens (tertiary/aromatic N) is 2. The molecule has 0 aromatic rings. The Labute approximate surface area is 82.9 Å². The van der Waals surface area contributed by atoms with Gasteiger partial charge in [-0.05, 0) is 6.08 Å². The fourth-order valence-corrected chi connectivity index (χ4v) is 1.31. The molecule has 1 amide bonds. The third-order valence-corrected chi connectivity index (χ3v) is 1.98. The molecule has 0 unspecified atom stereocenters. The van der Waals surface area contributed by atoms with Crippen LogP contribution in [0.5, 0.6) is 0 Å². The van der Waals surface area contributed by atoms with E-state index in [4.69, 9.17) is 4.84 Å². The van der Waals surface area contributed by atoms with E-state index in [9.17, 15) is 9.59 Å². The van der Waals surface area contributed by atoms with Crippen molar-refractivity contribution in [2.45, 2.75) is 6.92 Å². The molecule has 78 valence electrons. The third-order valence-electron chi connectivity index (χ3n) is 1.98. The Morgan fingerprint density at radius 3 is 2.29 bits per heavy atom. The van der Waals surface area contributed by atoms with Gasteiger partial charge in [-0.15, -0.1) is 5.06 Å². The summed E-state index contributed by atoms with van der Waals surface area (Å²) in [6.45, 7) is 7.02. The first kappa shape index (κ1) is 10.7. The molecule has 1 saturated heterocycles. The maximum Gasteiger partial charge on any atom is 0.322 e. The fraction of sp³-hybridized carbons (Fsp3) is 0.556. The molecule has 1 heterocycles. The first-order valence-electron chi connectivity index (χ1n) is 4.48. The minimum atomic E-state index is -0.325. The zero-order chi connectivity index (χ0) is 10.6. The van der Waals surface area contributed by atoms with Gasteiger partial charge < -0.3 is 9.74 Å². The molecule has 1 aliphatic rings. The lowest BCUT2D eigenvalue weighted by atomic mass is 10.3. The summed E-state index contributed by atoms with van der Waals surface area (Å²) in [6.07, 6.45) is 1.29. The van der Waals surface area contributed by atoms with E-state index in [0.717, 1.165) is 0 Å². The van der Waals surface area contributed by atoms with Gasteiger partial charge in [-0.1, -0.05) is 6.58 Å². The summed E-state index contributed by atoms with van der Waals surface area (Å²) in [5.74, 6) is -0.402. The second kappa shape index (κ2) is 4.76. The van der Waals surface area contributed by atoms with Crippen molar-refractivity contribution in [1.82, 2.24) is 9.96 Å². The largest absolute Gasteiger partial charge is 0.368 e. The maximum absolute atomic E-state index is 11.2. The Kier molecular flexibility index (Phi) is 3.64. The zero-order valence-corrected chi connectivity index (χ0v) is 8.23. The number of hydroxylamine groups is 2. The van der Waals surface area contributed by atoms with Crippen LogP contribution in [-0.2, 0) is 14.4 Å². The first-order valence-corrected chi connectivity index (χ1v) is 4.48. The Bertz CT molecular complexity index is 244. The molecule has 5 heteroatoms. The van der Waals surface area contributed by atoms with Gasteiger partial charge in [0.15, 0.2) is 0 Å². The van der Waals surface area contributed by atoms with Crippen molar-refractivity contribution in [1.29, 1.82) is 0 Å². The highest BCUT2D eigenvalue weighted by Crippen LogP contribution is 2.02. The molecule has 0 bridgehead atoms. The molecule has 0 spiro atoms. The van der Waals surface area contributed by atoms with E-state index in [-0.39, 0.29) is 11.9 Å². The minimum absolute atomic E-state index is 0.0764. The summed E-state index contributed by atoms with van der Waals surface area (Å²) >= 11 is 0. The Morgan fingerprint density at radius 1 is 1.29 bits per heavy atom. The molecule has 0 aromatic heterocycles. The van der Waals surface area contributed by atoms with Crippen LogP contribution < -0.4 is 0 Å². The molecule has 1 aliphatic heterocycles. The van der Waals surface area contributed by atoms with Crippen LogP contribution in [0, 0.1) is 0 Å². The zero-order valence-electron chi connectivity index (χ0n) is 8.23. The SMILES string of the molecule is C=CC(=O)N1CCN(OC(C)=O)CC1. The second-order valence-corrected chi connectivity index (χ2v) is 3.04. The van der Waals surface area contributed by atoms with E-state index >= 15 is 0 Å². The summed E-state index contributed by atoms with van der Waals surface area (Å²) in [7, 11) is 0. The summed E-state index contributed by atoms with van der Waals surface area (Å²) in [5, 5.41) is 1.56. The molecule has 0 radical (unpaired) electrons. The Hall–Kier alpha value is -1.36. The van der Waals surface area contributed by atoms with Gasteiger partial charge in [0, 0.05) is 20.0 Å². The molecule has 1 fully saturated rings. The van der Waals surface area contributed by atoms with Crippen LogP contribution >= 0.6 is 0 Å². The number of hydrogen-bond donors (Lipinski definition) is 0. The van der Waals surface area contributed by atoms with Gasteiger partial charge in [0.25, 0.3) is 0 Å². The van der Waals surface area contributed by atoms with Gasteiger partial charge in [0.2, 0.25) is 5.91 Å². The maximum atomic E-state index is 11.2. The number of rotatable bonds is 2. The highest BCUT2D eigenvalue weighted by atomic mass is 16.7. The van der Waals surface area contributed by atoms with Crippen LogP contribution in [-0.4, -0.2) is 48.0 Å². The molecule has 0 N–H and O–H groups in total.